The van der Waals surface area contributed by atoms with Gasteiger partial charge < -0.3 is 10.1 Å². The minimum atomic E-state index is -0.374. The van der Waals surface area contributed by atoms with Crippen molar-refractivity contribution >= 4 is 57.6 Å². The van der Waals surface area contributed by atoms with Crippen LogP contribution < -0.4 is 15.0 Å². The number of hydrogen-bond acceptors (Lipinski definition) is 5. The Morgan fingerprint density at radius 1 is 1.03 bits per heavy atom. The van der Waals surface area contributed by atoms with Gasteiger partial charge in [0, 0.05) is 5.69 Å². The zero-order valence-corrected chi connectivity index (χ0v) is 18.3. The monoisotopic (exact) mass is 464 g/mol. The van der Waals surface area contributed by atoms with Crippen molar-refractivity contribution in [1.29, 1.82) is 0 Å². The van der Waals surface area contributed by atoms with Gasteiger partial charge in [-0.05, 0) is 60.2 Å². The number of thioether (sulfide) groups is 1. The van der Waals surface area contributed by atoms with E-state index in [4.69, 9.17) is 17.0 Å². The van der Waals surface area contributed by atoms with Gasteiger partial charge >= 0.3 is 0 Å². The molecule has 0 spiro atoms. The van der Waals surface area contributed by atoms with E-state index in [0.717, 1.165) is 11.3 Å². The Kier molecular flexibility index (Phi) is 6.63. The van der Waals surface area contributed by atoms with E-state index in [1.165, 1.54) is 40.9 Å². The second-order valence-corrected chi connectivity index (χ2v) is 8.44. The molecule has 1 aliphatic heterocycles. The SMILES string of the molecule is O=C(COc1ccc(/C=C2/SC(=S)N(c3ccccc3)C2=O)cc1)Nc1ccc(F)cc1. The van der Waals surface area contributed by atoms with Crippen molar-refractivity contribution in [3.05, 3.63) is 95.1 Å². The number of hydrogen-bond donors (Lipinski definition) is 1. The van der Waals surface area contributed by atoms with Crippen molar-refractivity contribution in [3.63, 3.8) is 0 Å². The van der Waals surface area contributed by atoms with Gasteiger partial charge in [0.2, 0.25) is 0 Å². The van der Waals surface area contributed by atoms with Crippen molar-refractivity contribution < 1.29 is 18.7 Å². The maximum atomic E-state index is 12.9. The minimum Gasteiger partial charge on any atom is -0.484 e. The molecule has 0 aromatic heterocycles. The normalized spacial score (nSPS) is 14.7. The van der Waals surface area contributed by atoms with Crippen LogP contribution in [0.2, 0.25) is 0 Å². The molecule has 160 valence electrons. The molecule has 8 heteroatoms. The van der Waals surface area contributed by atoms with Crippen molar-refractivity contribution in [3.8, 4) is 5.75 Å². The van der Waals surface area contributed by atoms with Gasteiger partial charge in [-0.1, -0.05) is 54.3 Å². The standard InChI is InChI=1S/C24H17FN2O3S2/c25-17-8-10-18(11-9-17)26-22(28)15-30-20-12-6-16(7-13-20)14-21-23(29)27(24(31)32-21)19-4-2-1-3-5-19/h1-14H,15H2,(H,26,28)/b21-14+. The molecule has 3 aromatic rings. The van der Waals surface area contributed by atoms with E-state index in [1.807, 2.05) is 30.3 Å². The van der Waals surface area contributed by atoms with Crippen molar-refractivity contribution in [2.24, 2.45) is 0 Å². The molecular weight excluding hydrogens is 447 g/mol. The predicted molar refractivity (Wildman–Crippen MR) is 129 cm³/mol. The predicted octanol–water partition coefficient (Wildman–Crippen LogP) is 5.25. The minimum absolute atomic E-state index is 0.163. The third-order valence-corrected chi connectivity index (χ3v) is 5.79. The third-order valence-electron chi connectivity index (χ3n) is 4.48. The molecule has 1 heterocycles. The van der Waals surface area contributed by atoms with Gasteiger partial charge in [-0.15, -0.1) is 0 Å². The van der Waals surface area contributed by atoms with E-state index < -0.39 is 0 Å². The molecule has 32 heavy (non-hydrogen) atoms. The van der Waals surface area contributed by atoms with Crippen molar-refractivity contribution in [2.45, 2.75) is 0 Å². The second kappa shape index (κ2) is 9.76. The molecule has 0 aliphatic carbocycles. The number of carbonyl (C=O) groups excluding carboxylic acids is 2. The summed E-state index contributed by atoms with van der Waals surface area (Å²) >= 11 is 6.63. The summed E-state index contributed by atoms with van der Waals surface area (Å²) in [5.41, 5.74) is 2.03. The lowest BCUT2D eigenvalue weighted by Crippen LogP contribution is -2.27. The van der Waals surface area contributed by atoms with Gasteiger partial charge in [-0.2, -0.15) is 0 Å². The van der Waals surface area contributed by atoms with Crippen LogP contribution in [0.4, 0.5) is 15.8 Å². The molecule has 0 bridgehead atoms. The van der Waals surface area contributed by atoms with Crippen LogP contribution in [-0.4, -0.2) is 22.7 Å². The fraction of sp³-hybridized carbons (Fsp3) is 0.0417. The molecule has 3 aromatic carbocycles. The first kappa shape index (κ1) is 21.7. The van der Waals surface area contributed by atoms with Gasteiger partial charge in [0.25, 0.3) is 11.8 Å². The van der Waals surface area contributed by atoms with Crippen LogP contribution in [0.1, 0.15) is 5.56 Å². The number of rotatable bonds is 6. The van der Waals surface area contributed by atoms with E-state index in [9.17, 15) is 14.0 Å². The number of anilines is 2. The molecule has 0 unspecified atom stereocenters. The Balaban J connectivity index is 1.36. The summed E-state index contributed by atoms with van der Waals surface area (Å²) in [5.74, 6) is -0.385. The summed E-state index contributed by atoms with van der Waals surface area (Å²) in [5, 5.41) is 2.63. The maximum Gasteiger partial charge on any atom is 0.270 e. The van der Waals surface area contributed by atoms with Crippen molar-refractivity contribution in [2.75, 3.05) is 16.8 Å². The third kappa shape index (κ3) is 5.22. The number of halogens is 1. The Hall–Kier alpha value is -3.49. The van der Waals surface area contributed by atoms with Crippen LogP contribution in [0.3, 0.4) is 0 Å². The lowest BCUT2D eigenvalue weighted by molar-refractivity contribution is -0.118. The first-order valence-corrected chi connectivity index (χ1v) is 10.8. The Morgan fingerprint density at radius 2 is 1.72 bits per heavy atom. The van der Waals surface area contributed by atoms with E-state index in [-0.39, 0.29) is 24.2 Å². The van der Waals surface area contributed by atoms with Gasteiger partial charge in [0.1, 0.15) is 11.6 Å². The number of benzene rings is 3. The Bertz CT molecular complexity index is 1180. The lowest BCUT2D eigenvalue weighted by atomic mass is 10.2. The molecule has 0 saturated carbocycles. The van der Waals surface area contributed by atoms with E-state index >= 15 is 0 Å². The molecule has 1 fully saturated rings. The highest BCUT2D eigenvalue weighted by atomic mass is 32.2. The van der Waals surface area contributed by atoms with Gasteiger partial charge in [-0.25, -0.2) is 4.39 Å². The first-order chi connectivity index (χ1) is 15.5. The van der Waals surface area contributed by atoms with Crippen molar-refractivity contribution in [1.82, 2.24) is 0 Å². The summed E-state index contributed by atoms with van der Waals surface area (Å²) in [6.07, 6.45) is 1.77. The topological polar surface area (TPSA) is 58.6 Å². The molecule has 5 nitrogen and oxygen atoms in total. The van der Waals surface area contributed by atoms with Crippen LogP contribution in [0.15, 0.2) is 83.8 Å². The number of thiocarbonyl (C=S) groups is 1. The van der Waals surface area contributed by atoms with Crippen LogP contribution in [-0.2, 0) is 9.59 Å². The zero-order valence-electron chi connectivity index (χ0n) is 16.7. The zero-order chi connectivity index (χ0) is 22.5. The number of amides is 2. The summed E-state index contributed by atoms with van der Waals surface area (Å²) in [7, 11) is 0. The summed E-state index contributed by atoms with van der Waals surface area (Å²) in [4.78, 5) is 26.8. The van der Waals surface area contributed by atoms with Crippen LogP contribution >= 0.6 is 24.0 Å². The second-order valence-electron chi connectivity index (χ2n) is 6.77. The van der Waals surface area contributed by atoms with Crippen LogP contribution in [0, 0.1) is 5.82 Å². The molecule has 1 saturated heterocycles. The number of nitrogens with zero attached hydrogens (tertiary/aromatic N) is 1. The number of carbonyl (C=O) groups is 2. The molecule has 0 radical (unpaired) electrons. The molecule has 1 aliphatic rings. The molecule has 0 atom stereocenters. The van der Waals surface area contributed by atoms with Crippen LogP contribution in [0.25, 0.3) is 6.08 Å². The summed E-state index contributed by atoms with van der Waals surface area (Å²) in [6, 6.07) is 21.8. The average molecular weight is 465 g/mol. The van der Waals surface area contributed by atoms with Gasteiger partial charge in [0.05, 0.1) is 10.6 Å². The molecule has 1 N–H and O–H groups in total. The molecule has 4 rings (SSSR count). The molecular formula is C24H17FN2O3S2. The Morgan fingerprint density at radius 3 is 2.41 bits per heavy atom. The highest BCUT2D eigenvalue weighted by Crippen LogP contribution is 2.36. The van der Waals surface area contributed by atoms with E-state index in [0.29, 0.717) is 20.7 Å². The van der Waals surface area contributed by atoms with E-state index in [1.54, 1.807) is 30.3 Å². The average Bonchev–Trinajstić information content (AvgIpc) is 3.08. The highest BCUT2D eigenvalue weighted by Gasteiger charge is 2.33. The summed E-state index contributed by atoms with van der Waals surface area (Å²) < 4.78 is 18.9. The van der Waals surface area contributed by atoms with Gasteiger partial charge in [0.15, 0.2) is 10.9 Å². The van der Waals surface area contributed by atoms with Gasteiger partial charge in [-0.3, -0.25) is 14.5 Å². The fourth-order valence-corrected chi connectivity index (χ4v) is 4.26. The largest absolute Gasteiger partial charge is 0.484 e. The fourth-order valence-electron chi connectivity index (χ4n) is 2.96. The van der Waals surface area contributed by atoms with Crippen LogP contribution in [0.5, 0.6) is 5.75 Å². The number of nitrogens with one attached hydrogen (secondary N) is 1. The van der Waals surface area contributed by atoms with E-state index in [2.05, 4.69) is 5.32 Å². The number of para-hydroxylation sites is 1. The highest BCUT2D eigenvalue weighted by molar-refractivity contribution is 8.27. The summed E-state index contributed by atoms with van der Waals surface area (Å²) in [6.45, 7) is -0.188. The quantitative estimate of drug-likeness (QED) is 0.399. The Labute approximate surface area is 193 Å². The smallest absolute Gasteiger partial charge is 0.270 e. The number of ether oxygens (including phenoxy) is 1. The maximum absolute atomic E-state index is 12.9. The first-order valence-electron chi connectivity index (χ1n) is 9.61. The molecule has 2 amide bonds. The lowest BCUT2D eigenvalue weighted by Gasteiger charge is -2.13.